The summed E-state index contributed by atoms with van der Waals surface area (Å²) in [5.41, 5.74) is 0.858. The van der Waals surface area contributed by atoms with E-state index in [1.807, 2.05) is 29.1 Å². The minimum Gasteiger partial charge on any atom is -1.00 e. The van der Waals surface area contributed by atoms with E-state index in [9.17, 15) is 0 Å². The lowest BCUT2D eigenvalue weighted by Crippen LogP contribution is -3.00. The van der Waals surface area contributed by atoms with Crippen LogP contribution in [0.2, 0.25) is 0 Å². The first-order valence-corrected chi connectivity index (χ1v) is 8.61. The predicted octanol–water partition coefficient (Wildman–Crippen LogP) is 1.29. The molecule has 0 amide bonds. The zero-order chi connectivity index (χ0) is 15.9. The Morgan fingerprint density at radius 3 is 2.39 bits per heavy atom. The van der Waals surface area contributed by atoms with Crippen LogP contribution in [0, 0.1) is 0 Å². The van der Waals surface area contributed by atoms with Crippen molar-refractivity contribution in [1.82, 2.24) is 0 Å². The van der Waals surface area contributed by atoms with Crippen LogP contribution in [0.1, 0.15) is 70.3 Å². The Morgan fingerprint density at radius 1 is 1.09 bits per heavy atom. The van der Waals surface area contributed by atoms with Gasteiger partial charge >= 0.3 is 0 Å². The van der Waals surface area contributed by atoms with Crippen LogP contribution in [0.5, 0.6) is 0 Å². The average Bonchev–Trinajstić information content (AvgIpc) is 2.53. The smallest absolute Gasteiger partial charge is 0.252 e. The lowest BCUT2D eigenvalue weighted by molar-refractivity contribution is -0.732. The van der Waals surface area contributed by atoms with Crippen molar-refractivity contribution in [2.45, 2.75) is 71.4 Å². The molecule has 1 aromatic heterocycles. The average molecular weight is 343 g/mol. The van der Waals surface area contributed by atoms with Crippen molar-refractivity contribution in [3.05, 3.63) is 30.1 Å². The third-order valence-corrected chi connectivity index (χ3v) is 3.72. The summed E-state index contributed by atoms with van der Waals surface area (Å²) < 4.78 is 7.62. The van der Waals surface area contributed by atoms with Gasteiger partial charge in [-0.1, -0.05) is 63.4 Å². The topological polar surface area (TPSA) is 45.7 Å². The minimum atomic E-state index is 0. The molecule has 132 valence electrons. The number of rotatable bonds is 13. The van der Waals surface area contributed by atoms with E-state index in [1.165, 1.54) is 57.6 Å². The molecule has 0 aliphatic carbocycles. The summed E-state index contributed by atoms with van der Waals surface area (Å²) in [6, 6.07) is 3.80. The number of halogens is 1. The van der Waals surface area contributed by atoms with Gasteiger partial charge < -0.3 is 22.4 Å². The first-order valence-electron chi connectivity index (χ1n) is 8.61. The first-order chi connectivity index (χ1) is 10.9. The Hall–Kier alpha value is -1.13. The van der Waals surface area contributed by atoms with Crippen molar-refractivity contribution in [3.8, 4) is 0 Å². The van der Waals surface area contributed by atoms with E-state index in [2.05, 4.69) is 12.1 Å². The highest BCUT2D eigenvalue weighted by Crippen LogP contribution is 2.09. The van der Waals surface area contributed by atoms with Gasteiger partial charge in [-0.2, -0.15) is 4.57 Å². The Bertz CT molecular complexity index is 414. The van der Waals surface area contributed by atoms with E-state index in [1.54, 1.807) is 0 Å². The monoisotopic (exact) mass is 342 g/mol. The van der Waals surface area contributed by atoms with Crippen LogP contribution >= 0.6 is 0 Å². The zero-order valence-electron chi connectivity index (χ0n) is 14.3. The van der Waals surface area contributed by atoms with Gasteiger partial charge in [-0.25, -0.2) is 0 Å². The number of hydrogen-bond donors (Lipinski definition) is 1. The highest BCUT2D eigenvalue weighted by Gasteiger charge is 2.01. The minimum absolute atomic E-state index is 0. The standard InChI is InChI=1S/C18H30N2O2.ClH/c1-2-3-4-5-6-7-8-9-10-14-22-17-20-13-11-12-18(16-20)15-19-21;/h11-13,15-16H,2-10,14,17H2,1H3;1H/b19-15+;. The van der Waals surface area contributed by atoms with E-state index < -0.39 is 0 Å². The van der Waals surface area contributed by atoms with Crippen LogP contribution in [-0.4, -0.2) is 18.0 Å². The number of pyridine rings is 1. The number of ether oxygens (including phenoxy) is 1. The Balaban J connectivity index is 0.00000484. The summed E-state index contributed by atoms with van der Waals surface area (Å²) in [6.45, 7) is 3.61. The van der Waals surface area contributed by atoms with Gasteiger partial charge in [-0.05, 0) is 12.5 Å². The van der Waals surface area contributed by atoms with Crippen molar-refractivity contribution in [2.24, 2.45) is 5.16 Å². The van der Waals surface area contributed by atoms with Crippen LogP contribution in [0.25, 0.3) is 0 Å². The highest BCUT2D eigenvalue weighted by molar-refractivity contribution is 5.77. The molecule has 0 atom stereocenters. The number of hydrogen-bond acceptors (Lipinski definition) is 3. The zero-order valence-corrected chi connectivity index (χ0v) is 15.0. The second-order valence-electron chi connectivity index (χ2n) is 5.76. The van der Waals surface area contributed by atoms with Gasteiger partial charge in [0.2, 0.25) is 0 Å². The van der Waals surface area contributed by atoms with E-state index >= 15 is 0 Å². The summed E-state index contributed by atoms with van der Waals surface area (Å²) in [5.74, 6) is 0. The second-order valence-corrected chi connectivity index (χ2v) is 5.76. The third kappa shape index (κ3) is 12.0. The van der Waals surface area contributed by atoms with Crippen molar-refractivity contribution in [1.29, 1.82) is 0 Å². The SMILES string of the molecule is CCCCCCCCCCCOC[n+]1cccc(/C=N/O)c1.[Cl-]. The Morgan fingerprint density at radius 2 is 1.74 bits per heavy atom. The molecule has 1 rings (SSSR count). The molecule has 1 N–H and O–H groups in total. The maximum atomic E-state index is 8.52. The molecule has 0 fully saturated rings. The largest absolute Gasteiger partial charge is 1.00 e. The maximum absolute atomic E-state index is 8.52. The molecule has 0 radical (unpaired) electrons. The first kappa shape index (κ1) is 21.9. The Labute approximate surface area is 147 Å². The van der Waals surface area contributed by atoms with Gasteiger partial charge in [0.1, 0.15) is 0 Å². The van der Waals surface area contributed by atoms with Gasteiger partial charge in [0.05, 0.1) is 18.4 Å². The van der Waals surface area contributed by atoms with Crippen LogP contribution in [0.15, 0.2) is 29.7 Å². The molecule has 1 aromatic rings. The van der Waals surface area contributed by atoms with Crippen LogP contribution in [0.3, 0.4) is 0 Å². The molecule has 0 unspecified atom stereocenters. The predicted molar refractivity (Wildman–Crippen MR) is 89.2 cm³/mol. The maximum Gasteiger partial charge on any atom is 0.252 e. The van der Waals surface area contributed by atoms with Crippen LogP contribution < -0.4 is 17.0 Å². The molecule has 0 aliphatic heterocycles. The molecule has 0 aliphatic rings. The molecule has 23 heavy (non-hydrogen) atoms. The summed E-state index contributed by atoms with van der Waals surface area (Å²) >= 11 is 0. The summed E-state index contributed by atoms with van der Waals surface area (Å²) in [4.78, 5) is 0. The van der Waals surface area contributed by atoms with E-state index in [4.69, 9.17) is 9.94 Å². The molecule has 0 saturated carbocycles. The van der Waals surface area contributed by atoms with Crippen molar-refractivity contribution in [3.63, 3.8) is 0 Å². The lowest BCUT2D eigenvalue weighted by Gasteiger charge is -2.03. The fourth-order valence-corrected chi connectivity index (χ4v) is 2.45. The molecular formula is C18H31ClN2O2. The van der Waals surface area contributed by atoms with E-state index in [0.29, 0.717) is 6.73 Å². The van der Waals surface area contributed by atoms with Gasteiger partial charge in [-0.15, -0.1) is 0 Å². The fraction of sp³-hybridized carbons (Fsp3) is 0.667. The van der Waals surface area contributed by atoms with Gasteiger partial charge in [-0.3, -0.25) is 0 Å². The fourth-order valence-electron chi connectivity index (χ4n) is 2.45. The summed E-state index contributed by atoms with van der Waals surface area (Å²) in [6.07, 6.45) is 17.2. The van der Waals surface area contributed by atoms with Gasteiger partial charge in [0.25, 0.3) is 6.73 Å². The quantitative estimate of drug-likeness (QED) is 0.193. The molecular weight excluding hydrogens is 312 g/mol. The number of oxime groups is 1. The van der Waals surface area contributed by atoms with Gasteiger partial charge in [0, 0.05) is 6.07 Å². The van der Waals surface area contributed by atoms with E-state index in [0.717, 1.165) is 18.6 Å². The van der Waals surface area contributed by atoms with E-state index in [-0.39, 0.29) is 12.4 Å². The van der Waals surface area contributed by atoms with Crippen LogP contribution in [0.4, 0.5) is 0 Å². The summed E-state index contributed by atoms with van der Waals surface area (Å²) in [5, 5.41) is 11.5. The summed E-state index contributed by atoms with van der Waals surface area (Å²) in [7, 11) is 0. The van der Waals surface area contributed by atoms with Crippen LogP contribution in [-0.2, 0) is 11.5 Å². The Kier molecular flexibility index (Phi) is 15.0. The molecule has 0 bridgehead atoms. The third-order valence-electron chi connectivity index (χ3n) is 3.72. The second kappa shape index (κ2) is 15.8. The normalized spacial score (nSPS) is 10.8. The van der Waals surface area contributed by atoms with Crippen molar-refractivity contribution < 1.29 is 26.9 Å². The lowest BCUT2D eigenvalue weighted by atomic mass is 10.1. The number of unbranched alkanes of at least 4 members (excludes halogenated alkanes) is 8. The molecule has 0 aromatic carbocycles. The number of aromatic nitrogens is 1. The number of nitrogens with zero attached hydrogens (tertiary/aromatic N) is 2. The highest BCUT2D eigenvalue weighted by atomic mass is 35.5. The molecule has 4 nitrogen and oxygen atoms in total. The van der Waals surface area contributed by atoms with Crippen molar-refractivity contribution in [2.75, 3.05) is 6.61 Å². The van der Waals surface area contributed by atoms with Gasteiger partial charge in [0.15, 0.2) is 12.4 Å². The molecule has 1 heterocycles. The van der Waals surface area contributed by atoms with Crippen molar-refractivity contribution >= 4 is 6.21 Å². The molecule has 0 saturated heterocycles. The molecule has 0 spiro atoms. The molecule has 5 heteroatoms.